The fourth-order valence-corrected chi connectivity index (χ4v) is 2.66. The van der Waals surface area contributed by atoms with E-state index in [1.54, 1.807) is 6.08 Å². The summed E-state index contributed by atoms with van der Waals surface area (Å²) in [4.78, 5) is 8.81. The Kier molecular flexibility index (Phi) is 4.64. The second-order valence-corrected chi connectivity index (χ2v) is 6.22. The summed E-state index contributed by atoms with van der Waals surface area (Å²) in [6.45, 7) is 0.280. The van der Waals surface area contributed by atoms with Crippen molar-refractivity contribution in [1.82, 2.24) is 0 Å². The van der Waals surface area contributed by atoms with Gasteiger partial charge in [0.15, 0.2) is 0 Å². The molecule has 0 aromatic heterocycles. The first-order valence-electron chi connectivity index (χ1n) is 7.51. The van der Waals surface area contributed by atoms with Gasteiger partial charge >= 0.3 is 0 Å². The first-order valence-corrected chi connectivity index (χ1v) is 8.09. The van der Waals surface area contributed by atoms with Gasteiger partial charge in [-0.2, -0.15) is 8.78 Å². The number of phenolic OH excluding ortho intramolecular Hbond substituents is 1. The van der Waals surface area contributed by atoms with Crippen LogP contribution >= 0.6 is 9.24 Å². The van der Waals surface area contributed by atoms with Crippen LogP contribution in [0.2, 0.25) is 0 Å². The molecule has 1 aliphatic heterocycles. The van der Waals surface area contributed by atoms with Crippen molar-refractivity contribution >= 4 is 20.7 Å². The van der Waals surface area contributed by atoms with Gasteiger partial charge in [-0.15, -0.1) is 0 Å². The third-order valence-corrected chi connectivity index (χ3v) is 4.03. The number of benzene rings is 2. The molecular weight excluding hydrogens is 343 g/mol. The number of nitrogens with two attached hydrogens (primary N) is 1. The van der Waals surface area contributed by atoms with E-state index in [2.05, 4.69) is 9.98 Å². The van der Waals surface area contributed by atoms with E-state index in [1.165, 1.54) is 21.4 Å². The van der Waals surface area contributed by atoms with Gasteiger partial charge in [-0.1, -0.05) is 45.6 Å². The van der Waals surface area contributed by atoms with E-state index in [0.717, 1.165) is 11.6 Å². The van der Waals surface area contributed by atoms with Gasteiger partial charge < -0.3 is 10.8 Å². The Labute approximate surface area is 146 Å². The molecule has 1 aliphatic rings. The molecule has 0 aliphatic carbocycles. The number of alkyl halides is 2. The van der Waals surface area contributed by atoms with Crippen LogP contribution in [0.15, 0.2) is 70.4 Å². The molecule has 2 aromatic carbocycles. The topological polar surface area (TPSA) is 71.0 Å². The predicted molar refractivity (Wildman–Crippen MR) is 98.4 cm³/mol. The molecule has 2 aromatic rings. The number of nitrogens with zero attached hydrogens (tertiary/aromatic N) is 2. The summed E-state index contributed by atoms with van der Waals surface area (Å²) in [6, 6.07) is 13.0. The highest BCUT2D eigenvalue weighted by molar-refractivity contribution is 7.17. The first kappa shape index (κ1) is 17.2. The van der Waals surface area contributed by atoms with Crippen molar-refractivity contribution in [3.63, 3.8) is 0 Å². The van der Waals surface area contributed by atoms with Gasteiger partial charge in [-0.25, -0.2) is 4.99 Å². The molecule has 0 fully saturated rings. The summed E-state index contributed by atoms with van der Waals surface area (Å²) in [7, 11) is 1.45. The summed E-state index contributed by atoms with van der Waals surface area (Å²) in [5.74, 6) is 0.0210. The van der Waals surface area contributed by atoms with Crippen LogP contribution in [-0.4, -0.2) is 23.1 Å². The average Bonchev–Trinajstić information content (AvgIpc) is 2.76. The largest absolute Gasteiger partial charge is 0.507 e. The molecule has 1 atom stereocenters. The van der Waals surface area contributed by atoms with E-state index in [9.17, 15) is 13.9 Å². The van der Waals surface area contributed by atoms with Gasteiger partial charge in [-0.05, 0) is 18.2 Å². The van der Waals surface area contributed by atoms with E-state index in [-0.39, 0.29) is 17.9 Å². The number of phenols is 1. The van der Waals surface area contributed by atoms with Crippen molar-refractivity contribution in [3.8, 4) is 5.75 Å². The molecule has 128 valence electrons. The monoisotopic (exact) mass is 359 g/mol. The predicted octanol–water partition coefficient (Wildman–Crippen LogP) is 3.41. The van der Waals surface area contributed by atoms with Crippen LogP contribution in [0, 0.1) is 0 Å². The normalized spacial score (nSPS) is 15.1. The van der Waals surface area contributed by atoms with Crippen LogP contribution in [0.5, 0.6) is 5.75 Å². The Morgan fingerprint density at radius 1 is 1.08 bits per heavy atom. The maximum Gasteiger partial charge on any atom is 0.284 e. The summed E-state index contributed by atoms with van der Waals surface area (Å²) >= 11 is 0. The minimum Gasteiger partial charge on any atom is -0.507 e. The summed E-state index contributed by atoms with van der Waals surface area (Å²) < 4.78 is 26.9. The highest BCUT2D eigenvalue weighted by Gasteiger charge is 2.27. The maximum atomic E-state index is 13.4. The lowest BCUT2D eigenvalue weighted by atomic mass is 9.97. The van der Waals surface area contributed by atoms with E-state index >= 15 is 0 Å². The molecule has 25 heavy (non-hydrogen) atoms. The zero-order chi connectivity index (χ0) is 18.0. The fourth-order valence-electron chi connectivity index (χ4n) is 2.48. The van der Waals surface area contributed by atoms with Gasteiger partial charge in [0.05, 0.1) is 18.0 Å². The van der Waals surface area contributed by atoms with E-state index in [1.807, 2.05) is 30.3 Å². The van der Waals surface area contributed by atoms with Gasteiger partial charge in [0.2, 0.25) is 0 Å². The Morgan fingerprint density at radius 3 is 2.44 bits per heavy atom. The molecule has 1 heterocycles. The Hall–Kier alpha value is -2.59. The molecule has 3 rings (SSSR count). The Balaban J connectivity index is 2.12. The quantitative estimate of drug-likeness (QED) is 0.825. The van der Waals surface area contributed by atoms with Crippen LogP contribution in [0.4, 0.5) is 8.78 Å². The maximum absolute atomic E-state index is 13.4. The van der Waals surface area contributed by atoms with Gasteiger partial charge in [0.1, 0.15) is 11.6 Å². The number of rotatable bonds is 3. The molecule has 0 radical (unpaired) electrons. The highest BCUT2D eigenvalue weighted by Crippen LogP contribution is 2.37. The van der Waals surface area contributed by atoms with Crippen LogP contribution < -0.4 is 5.73 Å². The second kappa shape index (κ2) is 6.73. The lowest BCUT2D eigenvalue weighted by molar-refractivity contribution is 0.103. The SMILES string of the molecule is NC1=CCN=C(c2ccc(C(F)(F)P)cc2O)C(c2ccccc2)=N1. The zero-order valence-electron chi connectivity index (χ0n) is 13.2. The second-order valence-electron chi connectivity index (χ2n) is 5.50. The molecule has 0 spiro atoms. The van der Waals surface area contributed by atoms with E-state index in [4.69, 9.17) is 5.73 Å². The van der Waals surface area contributed by atoms with Crippen molar-refractivity contribution in [2.45, 2.75) is 5.66 Å². The van der Waals surface area contributed by atoms with Gasteiger partial charge in [0.25, 0.3) is 5.66 Å². The Bertz CT molecular complexity index is 887. The molecule has 0 bridgehead atoms. The van der Waals surface area contributed by atoms with E-state index in [0.29, 0.717) is 22.8 Å². The van der Waals surface area contributed by atoms with Crippen molar-refractivity contribution < 1.29 is 13.9 Å². The van der Waals surface area contributed by atoms with E-state index < -0.39 is 5.66 Å². The fraction of sp³-hybridized carbons (Fsp3) is 0.111. The zero-order valence-corrected chi connectivity index (χ0v) is 14.3. The number of hydrogen-bond acceptors (Lipinski definition) is 4. The number of aromatic hydroxyl groups is 1. The standard InChI is InChI=1S/C18H16F2N3OP/c19-18(20,25)12-6-7-13(14(24)10-12)17-16(11-4-2-1-3-5-11)23-15(21)8-9-22-17/h1-8,10,24H,9,21,25H2. The average molecular weight is 359 g/mol. The molecule has 0 saturated carbocycles. The minimum atomic E-state index is -3.12. The molecular formula is C18H16F2N3OP. The summed E-state index contributed by atoms with van der Waals surface area (Å²) in [5, 5.41) is 10.3. The van der Waals surface area contributed by atoms with Crippen molar-refractivity contribution in [1.29, 1.82) is 0 Å². The van der Waals surface area contributed by atoms with Gasteiger partial charge in [-0.3, -0.25) is 4.99 Å². The molecule has 1 unspecified atom stereocenters. The third kappa shape index (κ3) is 3.74. The van der Waals surface area contributed by atoms with Crippen molar-refractivity contribution in [2.24, 2.45) is 15.7 Å². The highest BCUT2D eigenvalue weighted by atomic mass is 31.0. The Morgan fingerprint density at radius 2 is 1.80 bits per heavy atom. The lowest BCUT2D eigenvalue weighted by Crippen LogP contribution is -2.18. The molecule has 4 nitrogen and oxygen atoms in total. The third-order valence-electron chi connectivity index (χ3n) is 3.70. The number of halogens is 2. The van der Waals surface area contributed by atoms with Crippen LogP contribution in [-0.2, 0) is 5.66 Å². The smallest absolute Gasteiger partial charge is 0.284 e. The summed E-state index contributed by atoms with van der Waals surface area (Å²) in [5.41, 5.74) is 4.40. The van der Waals surface area contributed by atoms with Crippen LogP contribution in [0.1, 0.15) is 16.7 Å². The molecule has 7 heteroatoms. The number of aliphatic imine (C=N–C) groups is 2. The van der Waals surface area contributed by atoms with Crippen LogP contribution in [0.3, 0.4) is 0 Å². The first-order chi connectivity index (χ1) is 11.9. The van der Waals surface area contributed by atoms with Crippen LogP contribution in [0.25, 0.3) is 0 Å². The summed E-state index contributed by atoms with van der Waals surface area (Å²) in [6.07, 6.45) is 1.65. The molecule has 0 saturated heterocycles. The minimum absolute atomic E-state index is 0.280. The van der Waals surface area contributed by atoms with Crippen molar-refractivity contribution in [3.05, 3.63) is 77.1 Å². The number of hydrogen-bond donors (Lipinski definition) is 2. The van der Waals surface area contributed by atoms with Crippen molar-refractivity contribution in [2.75, 3.05) is 6.54 Å². The molecule has 3 N–H and O–H groups in total. The van der Waals surface area contributed by atoms with Gasteiger partial charge in [0, 0.05) is 16.7 Å². The molecule has 0 amide bonds. The lowest BCUT2D eigenvalue weighted by Gasteiger charge is -2.15.